The molecule has 0 spiro atoms. The number of aldehydes is 1. The first kappa shape index (κ1) is 10.7. The lowest BCUT2D eigenvalue weighted by Gasteiger charge is -2.07. The van der Waals surface area contributed by atoms with Crippen LogP contribution in [-0.4, -0.2) is 20.8 Å². The van der Waals surface area contributed by atoms with Crippen molar-refractivity contribution >= 4 is 17.2 Å². The van der Waals surface area contributed by atoms with Gasteiger partial charge >= 0.3 is 0 Å². The summed E-state index contributed by atoms with van der Waals surface area (Å²) in [5.74, 6) is 0. The lowest BCUT2D eigenvalue weighted by atomic mass is 10.1. The van der Waals surface area contributed by atoms with Crippen LogP contribution < -0.4 is 0 Å². The van der Waals surface area contributed by atoms with Crippen LogP contribution in [0.2, 0.25) is 0 Å². The van der Waals surface area contributed by atoms with Crippen molar-refractivity contribution < 1.29 is 4.79 Å². The number of nitrogens with zero attached hydrogens (tertiary/aromatic N) is 3. The number of hydrogen-bond acceptors (Lipinski definition) is 3. The van der Waals surface area contributed by atoms with Crippen LogP contribution in [0.1, 0.15) is 16.1 Å². The van der Waals surface area contributed by atoms with Gasteiger partial charge in [-0.1, -0.05) is 24.3 Å². The molecule has 0 bridgehead atoms. The number of hydrogen-bond donors (Lipinski definition) is 0. The quantitative estimate of drug-likeness (QED) is 0.657. The monoisotopic (exact) mass is 237 g/mol. The molecule has 2 aromatic heterocycles. The van der Waals surface area contributed by atoms with Crippen LogP contribution in [-0.2, 0) is 6.54 Å². The fourth-order valence-corrected chi connectivity index (χ4v) is 2.04. The van der Waals surface area contributed by atoms with E-state index in [-0.39, 0.29) is 0 Å². The number of carbonyl (C=O) groups excluding carboxylic acids is 1. The van der Waals surface area contributed by atoms with E-state index >= 15 is 0 Å². The molecule has 0 aliphatic heterocycles. The molecule has 0 aliphatic carbocycles. The van der Waals surface area contributed by atoms with Crippen LogP contribution in [0.15, 0.2) is 49.1 Å². The van der Waals surface area contributed by atoms with E-state index in [1.165, 1.54) is 0 Å². The van der Waals surface area contributed by atoms with Gasteiger partial charge in [0.25, 0.3) is 0 Å². The van der Waals surface area contributed by atoms with E-state index in [0.29, 0.717) is 12.2 Å². The maximum Gasteiger partial charge on any atom is 0.168 e. The molecule has 0 saturated carbocycles. The molecule has 3 aromatic rings. The minimum atomic E-state index is 0.572. The first-order valence-corrected chi connectivity index (χ1v) is 5.66. The third kappa shape index (κ3) is 1.78. The fourth-order valence-electron chi connectivity index (χ4n) is 2.04. The van der Waals surface area contributed by atoms with E-state index in [4.69, 9.17) is 0 Å². The summed E-state index contributed by atoms with van der Waals surface area (Å²) >= 11 is 0. The molecule has 18 heavy (non-hydrogen) atoms. The van der Waals surface area contributed by atoms with Crippen molar-refractivity contribution in [1.82, 2.24) is 14.5 Å². The number of imidazole rings is 1. The second kappa shape index (κ2) is 4.41. The fraction of sp³-hybridized carbons (Fsp3) is 0.0714. The van der Waals surface area contributed by atoms with Gasteiger partial charge in [0.05, 0.1) is 24.6 Å². The molecule has 0 aliphatic rings. The van der Waals surface area contributed by atoms with Crippen molar-refractivity contribution in [1.29, 1.82) is 0 Å². The van der Waals surface area contributed by atoms with E-state index in [0.717, 1.165) is 22.8 Å². The maximum atomic E-state index is 10.9. The number of carbonyl (C=O) groups is 1. The van der Waals surface area contributed by atoms with Crippen molar-refractivity contribution in [3.8, 4) is 0 Å². The summed E-state index contributed by atoms with van der Waals surface area (Å²) in [6.45, 7) is 0.600. The van der Waals surface area contributed by atoms with Gasteiger partial charge in [-0.25, -0.2) is 4.98 Å². The van der Waals surface area contributed by atoms with E-state index in [2.05, 4.69) is 9.97 Å². The van der Waals surface area contributed by atoms with Crippen molar-refractivity contribution in [3.05, 3.63) is 60.3 Å². The summed E-state index contributed by atoms with van der Waals surface area (Å²) in [7, 11) is 0. The van der Waals surface area contributed by atoms with Gasteiger partial charge in [-0.15, -0.1) is 0 Å². The summed E-state index contributed by atoms with van der Waals surface area (Å²) in [5, 5.41) is 1.10. The third-order valence-corrected chi connectivity index (χ3v) is 2.92. The molecular formula is C14H11N3O. The van der Waals surface area contributed by atoms with Crippen molar-refractivity contribution in [2.45, 2.75) is 6.54 Å². The van der Waals surface area contributed by atoms with Gasteiger partial charge in [0.1, 0.15) is 5.69 Å². The predicted molar refractivity (Wildman–Crippen MR) is 68.5 cm³/mol. The van der Waals surface area contributed by atoms with Crippen LogP contribution in [0.3, 0.4) is 0 Å². The Labute approximate surface area is 104 Å². The largest absolute Gasteiger partial charge is 0.324 e. The minimum Gasteiger partial charge on any atom is -0.324 e. The van der Waals surface area contributed by atoms with E-state index in [9.17, 15) is 4.79 Å². The van der Waals surface area contributed by atoms with Gasteiger partial charge in [-0.2, -0.15) is 0 Å². The Balaban J connectivity index is 2.07. The number of aromatic nitrogens is 3. The van der Waals surface area contributed by atoms with Crippen LogP contribution >= 0.6 is 0 Å². The Morgan fingerprint density at radius 1 is 1.22 bits per heavy atom. The van der Waals surface area contributed by atoms with Crippen LogP contribution in [0, 0.1) is 0 Å². The molecule has 0 amide bonds. The van der Waals surface area contributed by atoms with E-state index in [1.807, 2.05) is 34.9 Å². The average molecular weight is 237 g/mol. The normalized spacial score (nSPS) is 10.7. The zero-order valence-electron chi connectivity index (χ0n) is 9.65. The molecular weight excluding hydrogens is 226 g/mol. The van der Waals surface area contributed by atoms with Crippen LogP contribution in [0.4, 0.5) is 0 Å². The van der Waals surface area contributed by atoms with Gasteiger partial charge in [0, 0.05) is 11.6 Å². The van der Waals surface area contributed by atoms with Crippen molar-refractivity contribution in [3.63, 3.8) is 0 Å². The molecule has 4 heteroatoms. The third-order valence-electron chi connectivity index (χ3n) is 2.92. The zero-order chi connectivity index (χ0) is 12.4. The Kier molecular flexibility index (Phi) is 2.61. The molecule has 0 radical (unpaired) electrons. The zero-order valence-corrected chi connectivity index (χ0v) is 9.65. The van der Waals surface area contributed by atoms with Gasteiger partial charge in [0.2, 0.25) is 0 Å². The highest BCUT2D eigenvalue weighted by atomic mass is 16.1. The summed E-state index contributed by atoms with van der Waals surface area (Å²) in [5.41, 5.74) is 2.61. The summed E-state index contributed by atoms with van der Waals surface area (Å²) in [4.78, 5) is 19.2. The summed E-state index contributed by atoms with van der Waals surface area (Å²) in [6.07, 6.45) is 5.81. The maximum absolute atomic E-state index is 10.9. The highest BCUT2D eigenvalue weighted by Crippen LogP contribution is 2.17. The van der Waals surface area contributed by atoms with E-state index < -0.39 is 0 Å². The number of fused-ring (bicyclic) bond motifs is 1. The van der Waals surface area contributed by atoms with Crippen molar-refractivity contribution in [2.75, 3.05) is 0 Å². The Bertz CT molecular complexity index is 698. The smallest absolute Gasteiger partial charge is 0.168 e. The Morgan fingerprint density at radius 3 is 3.00 bits per heavy atom. The van der Waals surface area contributed by atoms with Crippen LogP contribution in [0.5, 0.6) is 0 Å². The Morgan fingerprint density at radius 2 is 2.11 bits per heavy atom. The van der Waals surface area contributed by atoms with Crippen molar-refractivity contribution in [2.24, 2.45) is 0 Å². The minimum absolute atomic E-state index is 0.572. The number of rotatable bonds is 3. The lowest BCUT2D eigenvalue weighted by Crippen LogP contribution is -2.03. The molecule has 0 fully saturated rings. The molecule has 4 nitrogen and oxygen atoms in total. The lowest BCUT2D eigenvalue weighted by molar-refractivity contribution is 0.111. The van der Waals surface area contributed by atoms with E-state index in [1.54, 1.807) is 18.7 Å². The first-order chi connectivity index (χ1) is 8.88. The number of para-hydroxylation sites is 1. The van der Waals surface area contributed by atoms with Gasteiger partial charge in [0.15, 0.2) is 6.29 Å². The van der Waals surface area contributed by atoms with Gasteiger partial charge in [-0.05, 0) is 11.6 Å². The topological polar surface area (TPSA) is 47.8 Å². The molecule has 0 atom stereocenters. The second-order valence-corrected chi connectivity index (χ2v) is 4.06. The standard InChI is InChI=1S/C14H11N3O/c18-9-13-7-15-10-17(13)8-12-4-1-3-11-5-2-6-16-14(11)12/h1-7,9-10H,8H2. The molecule has 0 saturated heterocycles. The molecule has 88 valence electrons. The SMILES string of the molecule is O=Cc1cncn1Cc1cccc2cccnc12. The molecule has 2 heterocycles. The predicted octanol–water partition coefficient (Wildman–Crippen LogP) is 2.29. The highest BCUT2D eigenvalue weighted by Gasteiger charge is 2.05. The van der Waals surface area contributed by atoms with Gasteiger partial charge in [-0.3, -0.25) is 9.78 Å². The molecule has 1 aromatic carbocycles. The Hall–Kier alpha value is -2.49. The highest BCUT2D eigenvalue weighted by molar-refractivity contribution is 5.81. The molecule has 0 unspecified atom stereocenters. The number of benzene rings is 1. The van der Waals surface area contributed by atoms with Crippen LogP contribution in [0.25, 0.3) is 10.9 Å². The average Bonchev–Trinajstić information content (AvgIpc) is 2.86. The number of pyridine rings is 1. The first-order valence-electron chi connectivity index (χ1n) is 5.66. The molecule has 3 rings (SSSR count). The summed E-state index contributed by atoms with van der Waals surface area (Å²) in [6, 6.07) is 9.99. The van der Waals surface area contributed by atoms with Gasteiger partial charge < -0.3 is 4.57 Å². The summed E-state index contributed by atoms with van der Waals surface area (Å²) < 4.78 is 1.82. The molecule has 0 N–H and O–H groups in total. The second-order valence-electron chi connectivity index (χ2n) is 4.06.